The van der Waals surface area contributed by atoms with Gasteiger partial charge in [0.25, 0.3) is 0 Å². The third-order valence-electron chi connectivity index (χ3n) is 14.9. The summed E-state index contributed by atoms with van der Waals surface area (Å²) in [6, 6.07) is 76.1. The van der Waals surface area contributed by atoms with Crippen LogP contribution in [0.3, 0.4) is 0 Å². The molecule has 0 amide bonds. The molecule has 3 aliphatic rings. The summed E-state index contributed by atoms with van der Waals surface area (Å²) in [6.45, 7) is 2.52. The second-order valence-electron chi connectivity index (χ2n) is 18.0. The molecule has 12 rings (SSSR count). The number of anilines is 3. The van der Waals surface area contributed by atoms with E-state index in [9.17, 15) is 0 Å². The number of fused-ring (bicyclic) bond motifs is 5. The first-order valence-corrected chi connectivity index (χ1v) is 23.2. The number of para-hydroxylation sites is 1. The summed E-state index contributed by atoms with van der Waals surface area (Å²) in [5.41, 5.74) is 14.1. The van der Waals surface area contributed by atoms with Gasteiger partial charge in [-0.2, -0.15) is 0 Å². The summed E-state index contributed by atoms with van der Waals surface area (Å²) in [6.07, 6.45) is 6.47. The number of benzene rings is 8. The Bertz CT molecular complexity index is 3000. The molecule has 8 aromatic carbocycles. The molecular formula is C59H49NS. The maximum Gasteiger partial charge on any atom is 0.0708 e. The van der Waals surface area contributed by atoms with Gasteiger partial charge < -0.3 is 4.90 Å². The van der Waals surface area contributed by atoms with Crippen molar-refractivity contribution in [3.8, 4) is 11.1 Å². The van der Waals surface area contributed by atoms with Crippen LogP contribution in [0.25, 0.3) is 31.3 Å². The molecule has 1 heterocycles. The Morgan fingerprint density at radius 3 is 1.79 bits per heavy atom. The van der Waals surface area contributed by atoms with E-state index in [-0.39, 0.29) is 5.41 Å². The second-order valence-corrected chi connectivity index (χ2v) is 19.1. The molecule has 296 valence electrons. The molecule has 0 radical (unpaired) electrons. The van der Waals surface area contributed by atoms with Gasteiger partial charge in [-0.15, -0.1) is 11.3 Å². The molecule has 4 atom stereocenters. The summed E-state index contributed by atoms with van der Waals surface area (Å²) in [4.78, 5) is 2.51. The summed E-state index contributed by atoms with van der Waals surface area (Å²) >= 11 is 1.90. The zero-order valence-electron chi connectivity index (χ0n) is 34.7. The molecular weight excluding hydrogens is 755 g/mol. The number of rotatable bonds is 6. The van der Waals surface area contributed by atoms with Gasteiger partial charge in [0.05, 0.1) is 5.41 Å². The number of hydrogen-bond donors (Lipinski definition) is 0. The van der Waals surface area contributed by atoms with E-state index in [0.29, 0.717) is 11.8 Å². The van der Waals surface area contributed by atoms with Gasteiger partial charge in [-0.3, -0.25) is 0 Å². The predicted molar refractivity (Wildman–Crippen MR) is 258 cm³/mol. The smallest absolute Gasteiger partial charge is 0.0708 e. The maximum atomic E-state index is 2.62. The van der Waals surface area contributed by atoms with Crippen molar-refractivity contribution in [1.82, 2.24) is 0 Å². The normalized spacial score (nSPS) is 21.2. The van der Waals surface area contributed by atoms with Crippen molar-refractivity contribution >= 4 is 48.6 Å². The summed E-state index contributed by atoms with van der Waals surface area (Å²) in [5.74, 6) is 1.94. The van der Waals surface area contributed by atoms with Gasteiger partial charge in [0, 0.05) is 42.6 Å². The second kappa shape index (κ2) is 14.5. The first-order valence-electron chi connectivity index (χ1n) is 22.4. The fraction of sp³-hybridized carbons (Fsp3) is 0.186. The van der Waals surface area contributed by atoms with Crippen molar-refractivity contribution in [2.75, 3.05) is 4.90 Å². The van der Waals surface area contributed by atoms with Crippen molar-refractivity contribution in [3.63, 3.8) is 0 Å². The molecule has 61 heavy (non-hydrogen) atoms. The zero-order valence-corrected chi connectivity index (χ0v) is 35.5. The SMILES string of the molecule is C[C@@H]1C[C@H]2CCC[C@@H](C1)C21c2ccccc2C(c2ccccc2)(c2ccccc2)c2cc(N(c3ccccc3)c3cccc(-c4cccc5c4sc4ccccc45)c3)ccc21. The predicted octanol–water partition coefficient (Wildman–Crippen LogP) is 16.0. The minimum atomic E-state index is -0.520. The van der Waals surface area contributed by atoms with Gasteiger partial charge >= 0.3 is 0 Å². The minimum Gasteiger partial charge on any atom is -0.310 e. The highest BCUT2D eigenvalue weighted by atomic mass is 32.1. The molecule has 0 aliphatic heterocycles. The van der Waals surface area contributed by atoms with Crippen LogP contribution >= 0.6 is 11.3 Å². The van der Waals surface area contributed by atoms with Crippen LogP contribution in [-0.4, -0.2) is 0 Å². The van der Waals surface area contributed by atoms with Crippen molar-refractivity contribution in [2.24, 2.45) is 17.8 Å². The fourth-order valence-electron chi connectivity index (χ4n) is 12.7. The van der Waals surface area contributed by atoms with E-state index in [4.69, 9.17) is 0 Å². The van der Waals surface area contributed by atoms with Crippen LogP contribution in [0.1, 0.15) is 72.4 Å². The van der Waals surface area contributed by atoms with Crippen molar-refractivity contribution in [3.05, 3.63) is 234 Å². The van der Waals surface area contributed by atoms with E-state index in [1.165, 1.54) is 91.3 Å². The molecule has 9 aromatic rings. The van der Waals surface area contributed by atoms with Crippen LogP contribution < -0.4 is 4.90 Å². The first-order chi connectivity index (χ1) is 30.2. The molecule has 3 aliphatic carbocycles. The quantitative estimate of drug-likeness (QED) is 0.162. The van der Waals surface area contributed by atoms with Gasteiger partial charge in [-0.1, -0.05) is 171 Å². The molecule has 2 fully saturated rings. The Hall–Kier alpha value is -6.22. The lowest BCUT2D eigenvalue weighted by atomic mass is 9.42. The third kappa shape index (κ3) is 5.44. The molecule has 0 N–H and O–H groups in total. The van der Waals surface area contributed by atoms with E-state index < -0.39 is 5.41 Å². The number of nitrogens with zero attached hydrogens (tertiary/aromatic N) is 1. The van der Waals surface area contributed by atoms with Crippen LogP contribution in [0.2, 0.25) is 0 Å². The number of thiophene rings is 1. The lowest BCUT2D eigenvalue weighted by Crippen LogP contribution is -2.55. The molecule has 0 saturated heterocycles. The molecule has 1 aromatic heterocycles. The van der Waals surface area contributed by atoms with Crippen LogP contribution in [0.15, 0.2) is 200 Å². The molecule has 2 saturated carbocycles. The highest BCUT2D eigenvalue weighted by Gasteiger charge is 2.60. The monoisotopic (exact) mass is 803 g/mol. The lowest BCUT2D eigenvalue weighted by molar-refractivity contribution is 0.0494. The highest BCUT2D eigenvalue weighted by molar-refractivity contribution is 7.26. The first kappa shape index (κ1) is 36.6. The molecule has 1 unspecified atom stereocenters. The molecule has 2 bridgehead atoms. The van der Waals surface area contributed by atoms with E-state index in [0.717, 1.165) is 17.3 Å². The van der Waals surface area contributed by atoms with E-state index in [2.05, 4.69) is 212 Å². The van der Waals surface area contributed by atoms with E-state index in [1.807, 2.05) is 11.3 Å². The van der Waals surface area contributed by atoms with Gasteiger partial charge in [0.1, 0.15) is 0 Å². The van der Waals surface area contributed by atoms with Crippen molar-refractivity contribution in [2.45, 2.75) is 49.9 Å². The third-order valence-corrected chi connectivity index (χ3v) is 16.1. The average molecular weight is 804 g/mol. The Labute approximate surface area is 364 Å². The lowest BCUT2D eigenvalue weighted by Gasteiger charge is -2.61. The fourth-order valence-corrected chi connectivity index (χ4v) is 14.0. The highest BCUT2D eigenvalue weighted by Crippen LogP contribution is 2.66. The van der Waals surface area contributed by atoms with Crippen molar-refractivity contribution in [1.29, 1.82) is 0 Å². The van der Waals surface area contributed by atoms with E-state index >= 15 is 0 Å². The summed E-state index contributed by atoms with van der Waals surface area (Å²) in [5, 5.41) is 2.66. The Morgan fingerprint density at radius 2 is 1.05 bits per heavy atom. The average Bonchev–Trinajstić information content (AvgIpc) is 3.70. The van der Waals surface area contributed by atoms with Crippen LogP contribution in [-0.2, 0) is 10.8 Å². The largest absolute Gasteiger partial charge is 0.310 e. The Kier molecular flexibility index (Phi) is 8.68. The van der Waals surface area contributed by atoms with E-state index in [1.54, 1.807) is 11.1 Å². The summed E-state index contributed by atoms with van der Waals surface area (Å²) < 4.78 is 2.67. The standard InChI is InChI=1S/C59H49NS/c1-40-36-44-23-16-24-45(37-40)59(44)53-32-13-12-31-52(53)58(42-19-5-2-6-20-42,43-21-7-3-8-22-43)55-39-48(34-35-54(55)59)60(46-25-9-4-10-26-46)47-27-15-18-41(38-47)49-29-17-30-51-50-28-11-14-33-56(50)61-57(49)51/h2-15,17-22,25-35,38-40,44-45H,16,23-24,36-37H2,1H3/t40-,44-,45+,59?. The minimum absolute atomic E-state index is 0.0390. The van der Waals surface area contributed by atoms with Gasteiger partial charge in [0.15, 0.2) is 0 Å². The van der Waals surface area contributed by atoms with Gasteiger partial charge in [-0.05, 0) is 130 Å². The molecule has 1 nitrogen and oxygen atoms in total. The van der Waals surface area contributed by atoms with Crippen LogP contribution in [0, 0.1) is 17.8 Å². The number of hydrogen-bond acceptors (Lipinski definition) is 2. The van der Waals surface area contributed by atoms with Crippen LogP contribution in [0.5, 0.6) is 0 Å². The van der Waals surface area contributed by atoms with Gasteiger partial charge in [0.2, 0.25) is 0 Å². The van der Waals surface area contributed by atoms with Gasteiger partial charge in [-0.25, -0.2) is 0 Å². The molecule has 1 spiro atoms. The van der Waals surface area contributed by atoms with Crippen LogP contribution in [0.4, 0.5) is 17.1 Å². The Morgan fingerprint density at radius 1 is 0.475 bits per heavy atom. The zero-order chi connectivity index (χ0) is 40.5. The maximum absolute atomic E-state index is 2.62. The van der Waals surface area contributed by atoms with Crippen molar-refractivity contribution < 1.29 is 0 Å². The summed E-state index contributed by atoms with van der Waals surface area (Å²) in [7, 11) is 0. The molecule has 2 heteroatoms. The Balaban J connectivity index is 1.14. The topological polar surface area (TPSA) is 3.24 Å².